The van der Waals surface area contributed by atoms with Crippen LogP contribution in [0.3, 0.4) is 0 Å². The van der Waals surface area contributed by atoms with E-state index < -0.39 is 5.97 Å². The Morgan fingerprint density at radius 2 is 1.69 bits per heavy atom. The van der Waals surface area contributed by atoms with Crippen LogP contribution in [0.2, 0.25) is 0 Å². The van der Waals surface area contributed by atoms with E-state index in [1.165, 1.54) is 6.07 Å². The molecule has 3 nitrogen and oxygen atoms in total. The van der Waals surface area contributed by atoms with Gasteiger partial charge < -0.3 is 20.0 Å². The average molecular weight is 400 g/mol. The topological polar surface area (TPSA) is 50.2 Å². The largest absolute Gasteiger partial charge is 0.477 e. The minimum Gasteiger partial charge on any atom is -0.477 e. The number of aromatic nitrogens is 1. The van der Waals surface area contributed by atoms with Crippen molar-refractivity contribution in [3.8, 4) is 0 Å². The Balaban J connectivity index is 0. The Morgan fingerprint density at radius 3 is 2.31 bits per heavy atom. The van der Waals surface area contributed by atoms with Crippen molar-refractivity contribution in [2.24, 2.45) is 0 Å². The van der Waals surface area contributed by atoms with Crippen molar-refractivity contribution in [1.29, 1.82) is 0 Å². The van der Waals surface area contributed by atoms with Crippen LogP contribution >= 0.6 is 0 Å². The SMILES string of the molecule is O=C(O)c1ccc2ccccc2n1.[Au].[CH3-].[CH3-]. The number of carbonyl (C=O) groups is 1. The molecule has 0 aliphatic heterocycles. The molecule has 0 saturated carbocycles. The van der Waals surface area contributed by atoms with Gasteiger partial charge in [0.1, 0.15) is 5.69 Å². The Hall–Kier alpha value is -1.16. The molecular weight excluding hydrogens is 387 g/mol. The van der Waals surface area contributed by atoms with E-state index >= 15 is 0 Å². The van der Waals surface area contributed by atoms with Gasteiger partial charge in [-0.15, -0.1) is 0 Å². The molecule has 0 unspecified atom stereocenters. The van der Waals surface area contributed by atoms with Crippen molar-refractivity contribution in [1.82, 2.24) is 4.98 Å². The van der Waals surface area contributed by atoms with E-state index in [9.17, 15) is 4.79 Å². The monoisotopic (exact) mass is 400 g/mol. The fourth-order valence-corrected chi connectivity index (χ4v) is 1.19. The predicted molar refractivity (Wildman–Crippen MR) is 61.5 cm³/mol. The van der Waals surface area contributed by atoms with Gasteiger partial charge in [-0.2, -0.15) is 0 Å². The van der Waals surface area contributed by atoms with E-state index in [2.05, 4.69) is 4.98 Å². The molecule has 0 saturated heterocycles. The summed E-state index contributed by atoms with van der Waals surface area (Å²) in [6.07, 6.45) is 0. The van der Waals surface area contributed by atoms with Gasteiger partial charge in [-0.1, -0.05) is 24.3 Å². The number of nitrogens with zero attached hydrogens (tertiary/aromatic N) is 1. The second-order valence-electron chi connectivity index (χ2n) is 2.69. The number of rotatable bonds is 1. The maximum Gasteiger partial charge on any atom is 0.354 e. The van der Waals surface area contributed by atoms with E-state index in [0.717, 1.165) is 5.39 Å². The van der Waals surface area contributed by atoms with E-state index in [4.69, 9.17) is 5.11 Å². The smallest absolute Gasteiger partial charge is 0.354 e. The Labute approximate surface area is 111 Å². The van der Waals surface area contributed by atoms with Gasteiger partial charge in [0.25, 0.3) is 0 Å². The molecule has 91 valence electrons. The number of hydrogen-bond acceptors (Lipinski definition) is 2. The number of pyridine rings is 1. The summed E-state index contributed by atoms with van der Waals surface area (Å²) in [5.41, 5.74) is 0.793. The van der Waals surface area contributed by atoms with Crippen molar-refractivity contribution in [2.75, 3.05) is 0 Å². The molecule has 1 aromatic heterocycles. The van der Waals surface area contributed by atoms with Crippen molar-refractivity contribution < 1.29 is 32.3 Å². The number of aromatic carboxylic acids is 1. The maximum absolute atomic E-state index is 10.6. The van der Waals surface area contributed by atoms with E-state index in [-0.39, 0.29) is 42.9 Å². The minimum absolute atomic E-state index is 0. The molecule has 4 heteroatoms. The van der Waals surface area contributed by atoms with Gasteiger partial charge in [0.2, 0.25) is 0 Å². The van der Waals surface area contributed by atoms with Crippen LogP contribution in [0, 0.1) is 14.9 Å². The van der Waals surface area contributed by atoms with Gasteiger partial charge in [-0.3, -0.25) is 0 Å². The molecule has 1 radical (unpaired) electrons. The zero-order valence-corrected chi connectivity index (χ0v) is 11.2. The van der Waals surface area contributed by atoms with Crippen molar-refractivity contribution in [3.63, 3.8) is 0 Å². The third-order valence-corrected chi connectivity index (χ3v) is 1.82. The van der Waals surface area contributed by atoms with E-state index in [1.807, 2.05) is 18.2 Å². The first-order valence-electron chi connectivity index (χ1n) is 3.86. The third kappa shape index (κ3) is 3.45. The molecule has 0 amide bonds. The summed E-state index contributed by atoms with van der Waals surface area (Å²) >= 11 is 0. The van der Waals surface area contributed by atoms with Crippen LogP contribution in [-0.4, -0.2) is 16.1 Å². The summed E-state index contributed by atoms with van der Waals surface area (Å²) in [5.74, 6) is -0.995. The van der Waals surface area contributed by atoms with Crippen molar-refractivity contribution in [2.45, 2.75) is 0 Å². The molecule has 0 aliphatic rings. The van der Waals surface area contributed by atoms with Gasteiger partial charge in [0.05, 0.1) is 5.52 Å². The molecule has 1 aromatic carbocycles. The fraction of sp³-hybridized carbons (Fsp3) is 0. The number of carboxylic acid groups (broad SMARTS) is 1. The molecule has 2 aromatic rings. The molecule has 1 heterocycles. The number of para-hydroxylation sites is 1. The van der Waals surface area contributed by atoms with Crippen molar-refractivity contribution >= 4 is 16.9 Å². The predicted octanol–water partition coefficient (Wildman–Crippen LogP) is 2.83. The molecule has 0 spiro atoms. The quantitative estimate of drug-likeness (QED) is 0.592. The molecule has 0 bridgehead atoms. The summed E-state index contributed by atoms with van der Waals surface area (Å²) in [5, 5.41) is 9.63. The minimum atomic E-state index is -0.995. The van der Waals surface area contributed by atoms with Crippen molar-refractivity contribution in [3.05, 3.63) is 56.9 Å². The number of benzene rings is 1. The van der Waals surface area contributed by atoms with E-state index in [0.29, 0.717) is 5.52 Å². The van der Waals surface area contributed by atoms with Crippen LogP contribution in [0.1, 0.15) is 10.5 Å². The fourth-order valence-electron chi connectivity index (χ4n) is 1.19. The summed E-state index contributed by atoms with van der Waals surface area (Å²) < 4.78 is 0. The first-order chi connectivity index (χ1) is 6.27. The van der Waals surface area contributed by atoms with Gasteiger partial charge in [-0.25, -0.2) is 9.78 Å². The third-order valence-electron chi connectivity index (χ3n) is 1.82. The van der Waals surface area contributed by atoms with Crippen LogP contribution < -0.4 is 0 Å². The Morgan fingerprint density at radius 1 is 1.06 bits per heavy atom. The zero-order valence-electron chi connectivity index (χ0n) is 9.07. The molecular formula is C12H13AuNO2-2. The van der Waals surface area contributed by atoms with Gasteiger partial charge in [-0.05, 0) is 12.1 Å². The normalized spacial score (nSPS) is 8.25. The molecule has 2 rings (SSSR count). The molecule has 0 atom stereocenters. The van der Waals surface area contributed by atoms with Crippen LogP contribution in [0.5, 0.6) is 0 Å². The maximum atomic E-state index is 10.6. The van der Waals surface area contributed by atoms with Crippen LogP contribution in [0.15, 0.2) is 36.4 Å². The van der Waals surface area contributed by atoms with Gasteiger partial charge >= 0.3 is 5.97 Å². The first-order valence-corrected chi connectivity index (χ1v) is 3.86. The van der Waals surface area contributed by atoms with E-state index in [1.54, 1.807) is 12.1 Å². The number of hydrogen-bond donors (Lipinski definition) is 1. The van der Waals surface area contributed by atoms with Gasteiger partial charge in [0, 0.05) is 27.8 Å². The average Bonchev–Trinajstić information content (AvgIpc) is 2.17. The summed E-state index contributed by atoms with van der Waals surface area (Å²) in [6.45, 7) is 0. The van der Waals surface area contributed by atoms with Gasteiger partial charge in [0.15, 0.2) is 0 Å². The van der Waals surface area contributed by atoms with Crippen LogP contribution in [0.25, 0.3) is 10.9 Å². The zero-order chi connectivity index (χ0) is 9.26. The van der Waals surface area contributed by atoms with Crippen LogP contribution in [0.4, 0.5) is 0 Å². The number of fused-ring (bicyclic) bond motifs is 1. The number of carboxylic acids is 1. The molecule has 16 heavy (non-hydrogen) atoms. The Kier molecular flexibility index (Phi) is 7.73. The molecule has 0 fully saturated rings. The Bertz CT molecular complexity index is 471. The summed E-state index contributed by atoms with van der Waals surface area (Å²) in [4.78, 5) is 14.6. The molecule has 0 aliphatic carbocycles. The second kappa shape index (κ2) is 7.17. The molecule has 1 N–H and O–H groups in total. The summed E-state index contributed by atoms with van der Waals surface area (Å²) in [6, 6.07) is 10.7. The summed E-state index contributed by atoms with van der Waals surface area (Å²) in [7, 11) is 0. The standard InChI is InChI=1S/C10H7NO2.2CH3.Au/c12-10(13)9-6-5-7-3-1-2-4-8(7)11-9;;;/h1-6H,(H,12,13);2*1H3;/q;2*-1;. The first kappa shape index (κ1) is 17.2. The second-order valence-corrected chi connectivity index (χ2v) is 2.69. The van der Waals surface area contributed by atoms with Crippen LogP contribution in [-0.2, 0) is 22.4 Å².